The summed E-state index contributed by atoms with van der Waals surface area (Å²) in [6.07, 6.45) is 0.722. The van der Waals surface area contributed by atoms with Gasteiger partial charge in [0.15, 0.2) is 0 Å². The highest BCUT2D eigenvalue weighted by molar-refractivity contribution is 7.15. The lowest BCUT2D eigenvalue weighted by molar-refractivity contribution is -0.137. The molecule has 178 valence electrons. The number of hydrogen-bond donors (Lipinski definition) is 2. The van der Waals surface area contributed by atoms with Crippen LogP contribution in [0.3, 0.4) is 0 Å². The molecular weight excluding hydrogens is 472 g/mol. The minimum Gasteiger partial charge on any atom is -0.378 e. The zero-order valence-corrected chi connectivity index (χ0v) is 20.0. The number of alkyl halides is 3. The van der Waals surface area contributed by atoms with Gasteiger partial charge in [0.05, 0.1) is 16.1 Å². The van der Waals surface area contributed by atoms with E-state index < -0.39 is 17.3 Å². The summed E-state index contributed by atoms with van der Waals surface area (Å²) >= 11 is 1.37. The summed E-state index contributed by atoms with van der Waals surface area (Å²) in [6.45, 7) is 1.88. The van der Waals surface area contributed by atoms with Gasteiger partial charge in [0.2, 0.25) is 0 Å². The average molecular weight is 494 g/mol. The number of benzene rings is 1. The summed E-state index contributed by atoms with van der Waals surface area (Å²) in [4.78, 5) is 13.9. The molecule has 0 unspecified atom stereocenters. The van der Waals surface area contributed by atoms with E-state index in [1.165, 1.54) is 11.3 Å². The first kappa shape index (κ1) is 23.5. The van der Waals surface area contributed by atoms with Gasteiger partial charge in [0.1, 0.15) is 30.1 Å². The van der Waals surface area contributed by atoms with Crippen molar-refractivity contribution in [3.63, 3.8) is 0 Å². The van der Waals surface area contributed by atoms with Crippen molar-refractivity contribution in [2.75, 3.05) is 5.32 Å². The van der Waals surface area contributed by atoms with Gasteiger partial charge in [-0.15, -0.1) is 11.3 Å². The third-order valence-electron chi connectivity index (χ3n) is 6.12. The van der Waals surface area contributed by atoms with Crippen molar-refractivity contribution in [3.8, 4) is 10.6 Å². The Balaban J connectivity index is 1.46. The van der Waals surface area contributed by atoms with Gasteiger partial charge in [-0.3, -0.25) is 0 Å². The number of nitrogens with one attached hydrogen (secondary N) is 1. The van der Waals surface area contributed by atoms with E-state index in [-0.39, 0.29) is 5.82 Å². The zero-order chi connectivity index (χ0) is 24.8. The number of hydrogen-bond acceptors (Lipinski definition) is 6. The summed E-state index contributed by atoms with van der Waals surface area (Å²) in [5.41, 5.74) is 2.74. The molecule has 1 aromatic carbocycles. The smallest absolute Gasteiger partial charge is 0.378 e. The van der Waals surface area contributed by atoms with Crippen LogP contribution in [0.2, 0.25) is 0 Å². The van der Waals surface area contributed by atoms with Gasteiger partial charge in [-0.25, -0.2) is 15.0 Å². The number of fused-ring (bicyclic) bond motifs is 1. The lowest BCUT2D eigenvalue weighted by atomic mass is 9.77. The van der Waals surface area contributed by atoms with Crippen molar-refractivity contribution in [3.05, 3.63) is 82.1 Å². The highest BCUT2D eigenvalue weighted by Crippen LogP contribution is 2.43. The summed E-state index contributed by atoms with van der Waals surface area (Å²) < 4.78 is 39.2. The molecule has 1 aliphatic rings. The number of anilines is 2. The lowest BCUT2D eigenvalue weighted by Gasteiger charge is -2.33. The van der Waals surface area contributed by atoms with E-state index in [1.807, 2.05) is 33.0 Å². The molecule has 0 fully saturated rings. The molecule has 0 saturated heterocycles. The van der Waals surface area contributed by atoms with Crippen LogP contribution in [0.1, 0.15) is 40.1 Å². The molecule has 5 nitrogen and oxygen atoms in total. The quantitative estimate of drug-likeness (QED) is 0.409. The summed E-state index contributed by atoms with van der Waals surface area (Å²) in [5.74, 6) is 0.427. The van der Waals surface area contributed by atoms with Crippen LogP contribution >= 0.6 is 11.3 Å². The molecular formula is C25H22BF3N4OS. The molecule has 4 aromatic rings. The fraction of sp³-hybridized carbons (Fsp3) is 0.240. The van der Waals surface area contributed by atoms with Crippen LogP contribution in [0.5, 0.6) is 0 Å². The molecule has 0 aliphatic heterocycles. The summed E-state index contributed by atoms with van der Waals surface area (Å²) in [5, 5.41) is 15.1. The van der Waals surface area contributed by atoms with Gasteiger partial charge in [-0.2, -0.15) is 13.2 Å². The number of aryl methyl sites for hydroxylation is 2. The molecule has 0 bridgehead atoms. The highest BCUT2D eigenvalue weighted by Gasteiger charge is 2.39. The Morgan fingerprint density at radius 2 is 1.91 bits per heavy atom. The van der Waals surface area contributed by atoms with Crippen molar-refractivity contribution < 1.29 is 18.3 Å². The third-order valence-corrected chi connectivity index (χ3v) is 7.29. The van der Waals surface area contributed by atoms with Gasteiger partial charge in [0, 0.05) is 12.4 Å². The highest BCUT2D eigenvalue weighted by atomic mass is 32.1. The first-order valence-electron chi connectivity index (χ1n) is 11.2. The van der Waals surface area contributed by atoms with Gasteiger partial charge < -0.3 is 10.4 Å². The number of thiazole rings is 1. The Morgan fingerprint density at radius 3 is 2.71 bits per heavy atom. The van der Waals surface area contributed by atoms with Crippen LogP contribution in [-0.4, -0.2) is 27.9 Å². The minimum absolute atomic E-state index is 0.0530. The van der Waals surface area contributed by atoms with Crippen LogP contribution in [0.15, 0.2) is 54.9 Å². The van der Waals surface area contributed by atoms with E-state index in [2.05, 4.69) is 26.3 Å². The number of rotatable bonds is 4. The van der Waals surface area contributed by atoms with E-state index in [4.69, 9.17) is 0 Å². The molecule has 0 amide bonds. The van der Waals surface area contributed by atoms with Crippen molar-refractivity contribution in [2.24, 2.45) is 0 Å². The molecule has 35 heavy (non-hydrogen) atoms. The molecule has 3 heterocycles. The number of pyridine rings is 2. The Labute approximate surface area is 205 Å². The molecule has 1 atom stereocenters. The first-order valence-corrected chi connectivity index (χ1v) is 12.0. The fourth-order valence-electron chi connectivity index (χ4n) is 4.47. The van der Waals surface area contributed by atoms with Gasteiger partial charge in [-0.1, -0.05) is 23.7 Å². The maximum Gasteiger partial charge on any atom is 0.416 e. The number of aromatic nitrogens is 3. The SMILES string of the molecule is Bc1ccc2c(c1)CCC[C@]2(O)c1ncc(-c2cc(C)cc(Nc3cc(C(F)(F)F)ccn3)n2)s1. The second-order valence-corrected chi connectivity index (χ2v) is 9.90. The fourth-order valence-corrected chi connectivity index (χ4v) is 5.48. The van der Waals surface area contributed by atoms with Crippen molar-refractivity contribution >= 4 is 36.3 Å². The third kappa shape index (κ3) is 4.68. The van der Waals surface area contributed by atoms with Crippen LogP contribution in [0.4, 0.5) is 24.8 Å². The average Bonchev–Trinajstić information content (AvgIpc) is 3.30. The Hall–Kier alpha value is -3.24. The van der Waals surface area contributed by atoms with Crippen LogP contribution in [-0.2, 0) is 18.2 Å². The number of halogens is 3. The topological polar surface area (TPSA) is 70.9 Å². The molecule has 0 radical (unpaired) electrons. The van der Waals surface area contributed by atoms with E-state index in [1.54, 1.807) is 12.3 Å². The van der Waals surface area contributed by atoms with Crippen molar-refractivity contribution in [2.45, 2.75) is 38.0 Å². The Kier molecular flexibility index (Phi) is 5.89. The van der Waals surface area contributed by atoms with E-state index >= 15 is 0 Å². The molecule has 0 saturated carbocycles. The summed E-state index contributed by atoms with van der Waals surface area (Å²) in [6, 6.07) is 11.6. The van der Waals surface area contributed by atoms with Crippen molar-refractivity contribution in [1.29, 1.82) is 0 Å². The standard InChI is InChI=1S/C25H22BF3N4OS/c1-14-9-19(32-22(10-14)33-21-12-16(6-8-30-21)25(27,28)29)20-13-31-23(35-20)24(34)7-2-3-15-11-17(26)4-5-18(15)24/h4-6,8-13,34H,2-3,7,26H2,1H3,(H,30,32,33)/t24-/m1/s1. The molecule has 2 N–H and O–H groups in total. The van der Waals surface area contributed by atoms with Crippen LogP contribution < -0.4 is 10.8 Å². The van der Waals surface area contributed by atoms with Gasteiger partial charge in [-0.05, 0) is 67.1 Å². The van der Waals surface area contributed by atoms with Gasteiger partial charge in [0.25, 0.3) is 0 Å². The number of nitrogens with zero attached hydrogens (tertiary/aromatic N) is 3. The van der Waals surface area contributed by atoms with E-state index in [0.717, 1.165) is 58.2 Å². The second kappa shape index (κ2) is 8.76. The predicted molar refractivity (Wildman–Crippen MR) is 133 cm³/mol. The molecule has 5 rings (SSSR count). The Bertz CT molecular complexity index is 1410. The van der Waals surface area contributed by atoms with Crippen LogP contribution in [0.25, 0.3) is 10.6 Å². The maximum absolute atomic E-state index is 13.1. The zero-order valence-electron chi connectivity index (χ0n) is 19.1. The monoisotopic (exact) mass is 494 g/mol. The predicted octanol–water partition coefficient (Wildman–Crippen LogP) is 4.50. The lowest BCUT2D eigenvalue weighted by Crippen LogP contribution is -2.32. The molecule has 10 heteroatoms. The minimum atomic E-state index is -4.46. The van der Waals surface area contributed by atoms with Crippen LogP contribution in [0, 0.1) is 6.92 Å². The second-order valence-electron chi connectivity index (χ2n) is 8.87. The van der Waals surface area contributed by atoms with E-state index in [0.29, 0.717) is 22.9 Å². The normalized spacial score (nSPS) is 17.7. The largest absolute Gasteiger partial charge is 0.416 e. The summed E-state index contributed by atoms with van der Waals surface area (Å²) in [7, 11) is 2.04. The van der Waals surface area contributed by atoms with E-state index in [9.17, 15) is 18.3 Å². The molecule has 1 aliphatic carbocycles. The van der Waals surface area contributed by atoms with Gasteiger partial charge >= 0.3 is 6.18 Å². The maximum atomic E-state index is 13.1. The Morgan fingerprint density at radius 1 is 1.09 bits per heavy atom. The molecule has 3 aromatic heterocycles. The first-order chi connectivity index (χ1) is 16.6. The number of aliphatic hydroxyl groups is 1. The molecule has 0 spiro atoms. The van der Waals surface area contributed by atoms with Crippen molar-refractivity contribution in [1.82, 2.24) is 15.0 Å².